The van der Waals surface area contributed by atoms with Crippen molar-refractivity contribution in [1.82, 2.24) is 5.32 Å². The zero-order chi connectivity index (χ0) is 12.3. The second-order valence-electron chi connectivity index (χ2n) is 3.95. The van der Waals surface area contributed by atoms with Gasteiger partial charge in [0.15, 0.2) is 16.7 Å². The van der Waals surface area contributed by atoms with Crippen LogP contribution in [0, 0.1) is 5.82 Å². The molecule has 0 aliphatic heterocycles. The highest BCUT2D eigenvalue weighted by atomic mass is 32.1. The third kappa shape index (κ3) is 3.56. The van der Waals surface area contributed by atoms with E-state index in [9.17, 15) is 4.39 Å². The van der Waals surface area contributed by atoms with Gasteiger partial charge in [0.05, 0.1) is 6.61 Å². The lowest BCUT2D eigenvalue weighted by atomic mass is 10.3. The normalized spacial score (nSPS) is 14.2. The standard InChI is InChI=1S/C12H15FN2OS/c1-2-16-11-6-5-9(7-10(11)13)15-12(17)14-8-3-4-8/h5-8H,2-4H2,1H3,(H2,14,15,17). The number of halogens is 1. The molecule has 0 heterocycles. The predicted molar refractivity (Wildman–Crippen MR) is 69.9 cm³/mol. The fourth-order valence-electron chi connectivity index (χ4n) is 1.43. The number of hydrogen-bond donors (Lipinski definition) is 2. The Labute approximate surface area is 105 Å². The van der Waals surface area contributed by atoms with Crippen LogP contribution in [0.2, 0.25) is 0 Å². The van der Waals surface area contributed by atoms with Crippen LogP contribution >= 0.6 is 12.2 Å². The van der Waals surface area contributed by atoms with Crippen molar-refractivity contribution < 1.29 is 9.13 Å². The molecule has 1 aromatic rings. The van der Waals surface area contributed by atoms with Gasteiger partial charge in [-0.2, -0.15) is 0 Å². The number of anilines is 1. The molecule has 92 valence electrons. The van der Waals surface area contributed by atoms with Gasteiger partial charge >= 0.3 is 0 Å². The van der Waals surface area contributed by atoms with Gasteiger partial charge in [0, 0.05) is 17.8 Å². The van der Waals surface area contributed by atoms with Gasteiger partial charge in [-0.15, -0.1) is 0 Å². The number of benzene rings is 1. The van der Waals surface area contributed by atoms with Crippen LogP contribution in [0.3, 0.4) is 0 Å². The van der Waals surface area contributed by atoms with Gasteiger partial charge in [0.2, 0.25) is 0 Å². The Morgan fingerprint density at radius 1 is 1.53 bits per heavy atom. The summed E-state index contributed by atoms with van der Waals surface area (Å²) in [6.07, 6.45) is 2.30. The summed E-state index contributed by atoms with van der Waals surface area (Å²) >= 11 is 5.10. The molecule has 1 aromatic carbocycles. The molecule has 3 nitrogen and oxygen atoms in total. The van der Waals surface area contributed by atoms with Gasteiger partial charge < -0.3 is 15.4 Å². The quantitative estimate of drug-likeness (QED) is 0.809. The molecule has 1 aliphatic rings. The van der Waals surface area contributed by atoms with Gasteiger partial charge in [-0.3, -0.25) is 0 Å². The average Bonchev–Trinajstić information content (AvgIpc) is 3.06. The van der Waals surface area contributed by atoms with E-state index in [1.807, 2.05) is 6.92 Å². The maximum absolute atomic E-state index is 13.5. The minimum atomic E-state index is -0.383. The Balaban J connectivity index is 1.95. The largest absolute Gasteiger partial charge is 0.491 e. The first-order valence-corrected chi connectivity index (χ1v) is 6.09. The van der Waals surface area contributed by atoms with Crippen LogP contribution in [-0.4, -0.2) is 17.8 Å². The van der Waals surface area contributed by atoms with E-state index < -0.39 is 0 Å². The first-order valence-electron chi connectivity index (χ1n) is 5.69. The lowest BCUT2D eigenvalue weighted by Gasteiger charge is -2.11. The van der Waals surface area contributed by atoms with Crippen molar-refractivity contribution in [2.45, 2.75) is 25.8 Å². The summed E-state index contributed by atoms with van der Waals surface area (Å²) in [5.74, 6) is -0.120. The molecular formula is C12H15FN2OS. The van der Waals surface area contributed by atoms with Crippen molar-refractivity contribution in [3.63, 3.8) is 0 Å². The second-order valence-corrected chi connectivity index (χ2v) is 4.36. The summed E-state index contributed by atoms with van der Waals surface area (Å²) in [6.45, 7) is 2.27. The van der Waals surface area contributed by atoms with Crippen LogP contribution in [0.15, 0.2) is 18.2 Å². The highest BCUT2D eigenvalue weighted by Crippen LogP contribution is 2.22. The Kier molecular flexibility index (Phi) is 3.78. The number of nitrogens with one attached hydrogen (secondary N) is 2. The zero-order valence-corrected chi connectivity index (χ0v) is 10.4. The molecule has 0 atom stereocenters. The zero-order valence-electron chi connectivity index (χ0n) is 9.63. The fourth-order valence-corrected chi connectivity index (χ4v) is 1.72. The highest BCUT2D eigenvalue weighted by Gasteiger charge is 2.21. The number of thiocarbonyl (C=S) groups is 1. The SMILES string of the molecule is CCOc1ccc(NC(=S)NC2CC2)cc1F. The molecule has 0 amide bonds. The smallest absolute Gasteiger partial charge is 0.170 e. The van der Waals surface area contributed by atoms with Crippen LogP contribution in [0.1, 0.15) is 19.8 Å². The third-order valence-electron chi connectivity index (χ3n) is 2.40. The molecule has 1 saturated carbocycles. The predicted octanol–water partition coefficient (Wildman–Crippen LogP) is 2.67. The van der Waals surface area contributed by atoms with Gasteiger partial charge in [0.25, 0.3) is 0 Å². The average molecular weight is 254 g/mol. The van der Waals surface area contributed by atoms with Crippen molar-refractivity contribution in [3.8, 4) is 5.75 Å². The molecular weight excluding hydrogens is 239 g/mol. The van der Waals surface area contributed by atoms with Crippen LogP contribution < -0.4 is 15.4 Å². The lowest BCUT2D eigenvalue weighted by molar-refractivity contribution is 0.321. The van der Waals surface area contributed by atoms with E-state index in [4.69, 9.17) is 17.0 Å². The minimum Gasteiger partial charge on any atom is -0.491 e. The molecule has 2 rings (SSSR count). The van der Waals surface area contributed by atoms with Gasteiger partial charge in [-0.25, -0.2) is 4.39 Å². The van der Waals surface area contributed by atoms with Gasteiger partial charge in [-0.1, -0.05) is 0 Å². The van der Waals surface area contributed by atoms with E-state index in [1.54, 1.807) is 12.1 Å². The fraction of sp³-hybridized carbons (Fsp3) is 0.417. The molecule has 0 spiro atoms. The van der Waals surface area contributed by atoms with Crippen molar-refractivity contribution in [2.24, 2.45) is 0 Å². The molecule has 17 heavy (non-hydrogen) atoms. The van der Waals surface area contributed by atoms with Crippen LogP contribution in [0.5, 0.6) is 5.75 Å². The Bertz CT molecular complexity index is 421. The third-order valence-corrected chi connectivity index (χ3v) is 2.62. The van der Waals surface area contributed by atoms with Crippen molar-refractivity contribution in [3.05, 3.63) is 24.0 Å². The van der Waals surface area contributed by atoms with E-state index in [0.717, 1.165) is 12.8 Å². The summed E-state index contributed by atoms with van der Waals surface area (Å²) < 4.78 is 18.7. The molecule has 0 radical (unpaired) electrons. The van der Waals surface area contributed by atoms with Crippen LogP contribution in [-0.2, 0) is 0 Å². The molecule has 2 N–H and O–H groups in total. The van der Waals surface area contributed by atoms with E-state index in [0.29, 0.717) is 23.4 Å². The van der Waals surface area contributed by atoms with Crippen molar-refractivity contribution in [1.29, 1.82) is 0 Å². The Morgan fingerprint density at radius 3 is 2.88 bits per heavy atom. The number of rotatable bonds is 4. The number of hydrogen-bond acceptors (Lipinski definition) is 2. The first-order chi connectivity index (χ1) is 8.19. The molecule has 0 aromatic heterocycles. The lowest BCUT2D eigenvalue weighted by Crippen LogP contribution is -2.30. The summed E-state index contributed by atoms with van der Waals surface area (Å²) in [6, 6.07) is 5.21. The van der Waals surface area contributed by atoms with Crippen LogP contribution in [0.4, 0.5) is 10.1 Å². The molecule has 1 fully saturated rings. The summed E-state index contributed by atoms with van der Waals surface area (Å²) in [5, 5.41) is 6.61. The van der Waals surface area contributed by atoms with E-state index in [1.165, 1.54) is 6.07 Å². The molecule has 0 bridgehead atoms. The van der Waals surface area contributed by atoms with Crippen LogP contribution in [0.25, 0.3) is 0 Å². The topological polar surface area (TPSA) is 33.3 Å². The van der Waals surface area contributed by atoms with Crippen molar-refractivity contribution >= 4 is 23.0 Å². The second kappa shape index (κ2) is 5.31. The molecule has 1 aliphatic carbocycles. The summed E-state index contributed by atoms with van der Waals surface area (Å²) in [4.78, 5) is 0. The first kappa shape index (κ1) is 12.1. The minimum absolute atomic E-state index is 0.263. The highest BCUT2D eigenvalue weighted by molar-refractivity contribution is 7.80. The van der Waals surface area contributed by atoms with Crippen molar-refractivity contribution in [2.75, 3.05) is 11.9 Å². The maximum atomic E-state index is 13.5. The van der Waals surface area contributed by atoms with Gasteiger partial charge in [0.1, 0.15) is 0 Å². The number of ether oxygens (including phenoxy) is 1. The molecule has 0 unspecified atom stereocenters. The Morgan fingerprint density at radius 2 is 2.29 bits per heavy atom. The molecule has 0 saturated heterocycles. The maximum Gasteiger partial charge on any atom is 0.170 e. The monoisotopic (exact) mass is 254 g/mol. The Hall–Kier alpha value is -1.36. The summed E-state index contributed by atoms with van der Waals surface area (Å²) in [5.41, 5.74) is 0.629. The van der Waals surface area contributed by atoms with E-state index in [2.05, 4.69) is 10.6 Å². The van der Waals surface area contributed by atoms with E-state index in [-0.39, 0.29) is 11.6 Å². The summed E-state index contributed by atoms with van der Waals surface area (Å²) in [7, 11) is 0. The van der Waals surface area contributed by atoms with E-state index >= 15 is 0 Å². The molecule has 5 heteroatoms. The van der Waals surface area contributed by atoms with Gasteiger partial charge in [-0.05, 0) is 44.1 Å².